The van der Waals surface area contributed by atoms with E-state index in [1.165, 1.54) is 0 Å². The number of hydrogen-bond acceptors (Lipinski definition) is 9. The van der Waals surface area contributed by atoms with Crippen LogP contribution in [0.15, 0.2) is 52.3 Å². The summed E-state index contributed by atoms with van der Waals surface area (Å²) in [6.07, 6.45) is 0.953. The summed E-state index contributed by atoms with van der Waals surface area (Å²) in [6.45, 7) is 0. The molecule has 0 bridgehead atoms. The topological polar surface area (TPSA) is 108 Å². The fourth-order valence-electron chi connectivity index (χ4n) is 4.66. The molecule has 1 aliphatic carbocycles. The Hall–Kier alpha value is -3.72. The lowest BCUT2D eigenvalue weighted by Gasteiger charge is -2.30. The Balaban J connectivity index is 1.64. The summed E-state index contributed by atoms with van der Waals surface area (Å²) in [7, 11) is 4.65. The second kappa shape index (κ2) is 8.90. The highest BCUT2D eigenvalue weighted by Gasteiger charge is 2.39. The van der Waals surface area contributed by atoms with E-state index in [0.29, 0.717) is 57.9 Å². The number of nitrogens with one attached hydrogen (secondary N) is 2. The molecule has 0 unspecified atom stereocenters. The molecule has 10 heteroatoms. The van der Waals surface area contributed by atoms with Gasteiger partial charge in [0.25, 0.3) is 0 Å². The molecule has 5 rings (SSSR count). The largest absolute Gasteiger partial charge is 0.493 e. The number of carbonyl (C=O) groups excluding carboxylic acids is 1. The zero-order valence-corrected chi connectivity index (χ0v) is 19.6. The number of allylic oxidation sites excluding steroid dienone is 1. The Morgan fingerprint density at radius 3 is 2.38 bits per heavy atom. The molecule has 3 aromatic rings. The number of nitrogens with zero attached hydrogens (tertiary/aromatic N) is 2. The first-order chi connectivity index (χ1) is 16.5. The van der Waals surface area contributed by atoms with E-state index in [4.69, 9.17) is 30.4 Å². The summed E-state index contributed by atoms with van der Waals surface area (Å²) < 4.78 is 21.7. The minimum Gasteiger partial charge on any atom is -0.493 e. The van der Waals surface area contributed by atoms with E-state index >= 15 is 0 Å². The molecule has 2 aliphatic rings. The monoisotopic (exact) mass is 482 g/mol. The van der Waals surface area contributed by atoms with Gasteiger partial charge in [-0.1, -0.05) is 23.7 Å². The van der Waals surface area contributed by atoms with Crippen molar-refractivity contribution in [1.82, 2.24) is 10.3 Å². The van der Waals surface area contributed by atoms with Crippen LogP contribution < -0.4 is 24.8 Å². The van der Waals surface area contributed by atoms with E-state index in [1.807, 2.05) is 30.3 Å². The fourth-order valence-corrected chi connectivity index (χ4v) is 4.78. The van der Waals surface area contributed by atoms with Crippen molar-refractivity contribution in [2.24, 2.45) is 0 Å². The number of hydrogen-bond donors (Lipinski definition) is 2. The fraction of sp³-hybridized carbons (Fsp3) is 0.292. The quantitative estimate of drug-likeness (QED) is 0.533. The first-order valence-electron chi connectivity index (χ1n) is 10.7. The van der Waals surface area contributed by atoms with Crippen LogP contribution in [-0.4, -0.2) is 37.4 Å². The number of ether oxygens (including phenoxy) is 3. The van der Waals surface area contributed by atoms with Gasteiger partial charge in [-0.05, 0) is 52.5 Å². The molecular formula is C24H23ClN4O5. The van der Waals surface area contributed by atoms with Crippen molar-refractivity contribution >= 4 is 29.0 Å². The van der Waals surface area contributed by atoms with Crippen LogP contribution >= 0.6 is 11.6 Å². The van der Waals surface area contributed by atoms with E-state index in [-0.39, 0.29) is 11.7 Å². The van der Waals surface area contributed by atoms with Crippen molar-refractivity contribution in [3.63, 3.8) is 0 Å². The van der Waals surface area contributed by atoms with Crippen LogP contribution in [0.2, 0.25) is 5.02 Å². The van der Waals surface area contributed by atoms with Gasteiger partial charge >= 0.3 is 0 Å². The van der Waals surface area contributed by atoms with Gasteiger partial charge in [-0.2, -0.15) is 0 Å². The third-order valence-electron chi connectivity index (χ3n) is 6.22. The lowest BCUT2D eigenvalue weighted by Crippen LogP contribution is -2.27. The Morgan fingerprint density at radius 1 is 0.941 bits per heavy atom. The lowest BCUT2D eigenvalue weighted by molar-refractivity contribution is -0.116. The smallest absolute Gasteiger partial charge is 0.219 e. The Labute approximate surface area is 201 Å². The maximum absolute atomic E-state index is 13.6. The standard InChI is InChI=1S/C24H23ClN4O5/c1-31-18-9-8-15(21(32-2)22(18)33-3)20-19-16(26-23-24(27-20)29-34-28-23)10-13(11-17(19)30)12-4-6-14(25)7-5-12/h4-9,13,20H,10-11H2,1-3H3,(H,26,28)(H,27,29)/t13-,20+/m0/s1. The Morgan fingerprint density at radius 2 is 1.68 bits per heavy atom. The first-order valence-corrected chi connectivity index (χ1v) is 11.1. The molecule has 0 spiro atoms. The molecule has 9 nitrogen and oxygen atoms in total. The summed E-state index contributed by atoms with van der Waals surface area (Å²) >= 11 is 6.06. The zero-order chi connectivity index (χ0) is 23.8. The molecule has 0 amide bonds. The summed E-state index contributed by atoms with van der Waals surface area (Å²) in [6, 6.07) is 10.6. The number of fused-ring (bicyclic) bond motifs is 1. The van der Waals surface area contributed by atoms with Crippen LogP contribution in [0.5, 0.6) is 17.2 Å². The molecular weight excluding hydrogens is 460 g/mol. The van der Waals surface area contributed by atoms with Gasteiger partial charge in [0.15, 0.2) is 17.3 Å². The van der Waals surface area contributed by atoms with Gasteiger partial charge < -0.3 is 24.8 Å². The van der Waals surface area contributed by atoms with Crippen LogP contribution in [0, 0.1) is 0 Å². The second-order valence-corrected chi connectivity index (χ2v) is 8.50. The van der Waals surface area contributed by atoms with Crippen molar-refractivity contribution in [2.75, 3.05) is 32.0 Å². The summed E-state index contributed by atoms with van der Waals surface area (Å²) in [5.41, 5.74) is 3.08. The average Bonchev–Trinajstić information content (AvgIpc) is 3.22. The van der Waals surface area contributed by atoms with E-state index in [0.717, 1.165) is 11.3 Å². The molecule has 0 saturated heterocycles. The van der Waals surface area contributed by atoms with Gasteiger partial charge in [0, 0.05) is 28.3 Å². The Bertz CT molecular complexity index is 1270. The second-order valence-electron chi connectivity index (χ2n) is 8.06. The van der Waals surface area contributed by atoms with Gasteiger partial charge in [0.2, 0.25) is 17.4 Å². The number of Topliss-reactive ketones (excluding diaryl/α,β-unsaturated/α-hetero) is 1. The van der Waals surface area contributed by atoms with Crippen LogP contribution in [0.3, 0.4) is 0 Å². The maximum atomic E-state index is 13.6. The third kappa shape index (κ3) is 3.71. The highest BCUT2D eigenvalue weighted by atomic mass is 35.5. The molecule has 0 saturated carbocycles. The number of methoxy groups -OCH3 is 3. The van der Waals surface area contributed by atoms with E-state index in [2.05, 4.69) is 20.9 Å². The van der Waals surface area contributed by atoms with Gasteiger partial charge in [0.05, 0.1) is 27.4 Å². The minimum atomic E-state index is -0.580. The predicted octanol–water partition coefficient (Wildman–Crippen LogP) is 4.73. The predicted molar refractivity (Wildman–Crippen MR) is 126 cm³/mol. The van der Waals surface area contributed by atoms with E-state index in [1.54, 1.807) is 27.4 Å². The van der Waals surface area contributed by atoms with Gasteiger partial charge in [-0.15, -0.1) is 0 Å². The zero-order valence-electron chi connectivity index (χ0n) is 18.8. The number of anilines is 2. The molecule has 0 radical (unpaired) electrons. The molecule has 0 fully saturated rings. The van der Waals surface area contributed by atoms with Crippen molar-refractivity contribution in [1.29, 1.82) is 0 Å². The molecule has 34 heavy (non-hydrogen) atoms. The van der Waals surface area contributed by atoms with Crippen LogP contribution in [-0.2, 0) is 4.79 Å². The van der Waals surface area contributed by atoms with Crippen LogP contribution in [0.1, 0.15) is 35.9 Å². The number of aromatic nitrogens is 2. The van der Waals surface area contributed by atoms with E-state index in [9.17, 15) is 4.79 Å². The van der Waals surface area contributed by atoms with Crippen molar-refractivity contribution < 1.29 is 23.6 Å². The third-order valence-corrected chi connectivity index (χ3v) is 6.47. The molecule has 176 valence electrons. The van der Waals surface area contributed by atoms with Gasteiger partial charge in [0.1, 0.15) is 0 Å². The van der Waals surface area contributed by atoms with Crippen molar-refractivity contribution in [2.45, 2.75) is 24.8 Å². The van der Waals surface area contributed by atoms with Crippen LogP contribution in [0.4, 0.5) is 11.6 Å². The van der Waals surface area contributed by atoms with Gasteiger partial charge in [-0.3, -0.25) is 4.79 Å². The van der Waals surface area contributed by atoms with Crippen molar-refractivity contribution in [3.8, 4) is 17.2 Å². The van der Waals surface area contributed by atoms with Gasteiger partial charge in [-0.25, -0.2) is 4.63 Å². The lowest BCUT2D eigenvalue weighted by atomic mass is 9.78. The highest BCUT2D eigenvalue weighted by molar-refractivity contribution is 6.30. The number of carbonyl (C=O) groups is 1. The summed E-state index contributed by atoms with van der Waals surface area (Å²) in [4.78, 5) is 13.6. The van der Waals surface area contributed by atoms with E-state index < -0.39 is 6.04 Å². The molecule has 2 aromatic carbocycles. The Kier molecular flexibility index (Phi) is 5.79. The molecule has 2 heterocycles. The van der Waals surface area contributed by atoms with Crippen LogP contribution in [0.25, 0.3) is 0 Å². The molecule has 2 atom stereocenters. The summed E-state index contributed by atoms with van der Waals surface area (Å²) in [5.74, 6) is 2.22. The molecule has 2 N–H and O–H groups in total. The average molecular weight is 483 g/mol. The molecule has 1 aromatic heterocycles. The number of benzene rings is 2. The minimum absolute atomic E-state index is 0.00475. The van der Waals surface area contributed by atoms with Crippen molar-refractivity contribution in [3.05, 3.63) is 63.8 Å². The SMILES string of the molecule is COc1ccc([C@H]2Nc3nonc3NC3=C2C(=O)C[C@@H](c2ccc(Cl)cc2)C3)c(OC)c1OC. The highest BCUT2D eigenvalue weighted by Crippen LogP contribution is 2.48. The number of ketones is 1. The first kappa shape index (κ1) is 22.1. The number of rotatable bonds is 5. The maximum Gasteiger partial charge on any atom is 0.219 e. The summed E-state index contributed by atoms with van der Waals surface area (Å²) in [5, 5.41) is 15.2. The number of halogens is 1. The normalized spacial score (nSPS) is 19.4. The molecule has 1 aliphatic heterocycles.